The number of rotatable bonds is 6. The third-order valence-electron chi connectivity index (χ3n) is 3.40. The number of hydrogen-bond donors (Lipinski definition) is 2. The van der Waals surface area contributed by atoms with Gasteiger partial charge in [-0.1, -0.05) is 20.8 Å². The van der Waals surface area contributed by atoms with Crippen molar-refractivity contribution in [2.24, 2.45) is 11.8 Å². The number of hydrogen-bond acceptors (Lipinski definition) is 3. The Morgan fingerprint density at radius 2 is 2.11 bits per heavy atom. The first-order valence-electron chi connectivity index (χ1n) is 6.70. The summed E-state index contributed by atoms with van der Waals surface area (Å²) < 4.78 is 5.70. The van der Waals surface area contributed by atoms with Crippen molar-refractivity contribution in [3.8, 4) is 0 Å². The molecule has 0 bridgehead atoms. The van der Waals surface area contributed by atoms with E-state index in [9.17, 15) is 4.79 Å². The SMILES string of the molecule is CS[C@H](C)CNC(=O)NC[C@H]1CCO[C@@H]1C(C)C. The van der Waals surface area contributed by atoms with E-state index < -0.39 is 0 Å². The van der Waals surface area contributed by atoms with Crippen LogP contribution in [0, 0.1) is 11.8 Å². The number of urea groups is 1. The van der Waals surface area contributed by atoms with Crippen molar-refractivity contribution >= 4 is 17.8 Å². The maximum atomic E-state index is 11.6. The van der Waals surface area contributed by atoms with Crippen molar-refractivity contribution in [1.82, 2.24) is 10.6 Å². The van der Waals surface area contributed by atoms with E-state index >= 15 is 0 Å². The lowest BCUT2D eigenvalue weighted by atomic mass is 9.93. The highest BCUT2D eigenvalue weighted by molar-refractivity contribution is 7.99. The Hall–Kier alpha value is -0.420. The minimum Gasteiger partial charge on any atom is -0.378 e. The molecule has 1 aliphatic heterocycles. The summed E-state index contributed by atoms with van der Waals surface area (Å²) in [7, 11) is 0. The van der Waals surface area contributed by atoms with Crippen LogP contribution in [0.15, 0.2) is 0 Å². The predicted octanol–water partition coefficient (Wildman–Crippen LogP) is 2.10. The van der Waals surface area contributed by atoms with E-state index in [1.807, 2.05) is 6.26 Å². The van der Waals surface area contributed by atoms with E-state index in [1.54, 1.807) is 11.8 Å². The standard InChI is InChI=1S/C13H26N2O2S/c1-9(2)12-11(5-6-17-12)8-15-13(16)14-7-10(3)18-4/h9-12H,5-8H2,1-4H3,(H2,14,15,16)/t10-,11-,12-/m1/s1. The smallest absolute Gasteiger partial charge is 0.314 e. The van der Waals surface area contributed by atoms with Gasteiger partial charge in [0.05, 0.1) is 6.10 Å². The normalized spacial score (nSPS) is 25.2. The average molecular weight is 274 g/mol. The third kappa shape index (κ3) is 5.06. The Balaban J connectivity index is 2.21. The molecule has 1 fully saturated rings. The molecule has 0 spiro atoms. The van der Waals surface area contributed by atoms with Gasteiger partial charge in [-0.25, -0.2) is 4.79 Å². The zero-order valence-corrected chi connectivity index (χ0v) is 12.7. The van der Waals surface area contributed by atoms with Crippen LogP contribution in [0.1, 0.15) is 27.2 Å². The Labute approximate surface area is 115 Å². The second-order valence-corrected chi connectivity index (χ2v) is 6.54. The maximum absolute atomic E-state index is 11.6. The van der Waals surface area contributed by atoms with Crippen LogP contribution >= 0.6 is 11.8 Å². The van der Waals surface area contributed by atoms with Crippen LogP contribution in [-0.4, -0.2) is 43.3 Å². The van der Waals surface area contributed by atoms with Crippen molar-refractivity contribution in [3.63, 3.8) is 0 Å². The molecule has 0 aromatic rings. The van der Waals surface area contributed by atoms with Gasteiger partial charge in [-0.2, -0.15) is 11.8 Å². The summed E-state index contributed by atoms with van der Waals surface area (Å²) in [5, 5.41) is 6.29. The van der Waals surface area contributed by atoms with E-state index in [0.29, 0.717) is 30.2 Å². The second-order valence-electron chi connectivity index (χ2n) is 5.27. The van der Waals surface area contributed by atoms with E-state index in [0.717, 1.165) is 13.0 Å². The molecule has 0 aromatic carbocycles. The lowest BCUT2D eigenvalue weighted by molar-refractivity contribution is 0.0545. The van der Waals surface area contributed by atoms with Crippen molar-refractivity contribution < 1.29 is 9.53 Å². The average Bonchev–Trinajstić information content (AvgIpc) is 2.81. The number of thioether (sulfide) groups is 1. The molecule has 2 amide bonds. The molecule has 2 N–H and O–H groups in total. The van der Waals surface area contributed by atoms with Gasteiger partial charge in [-0.3, -0.25) is 0 Å². The summed E-state index contributed by atoms with van der Waals surface area (Å²) in [6.07, 6.45) is 3.38. The van der Waals surface area contributed by atoms with Gasteiger partial charge in [-0.15, -0.1) is 0 Å². The van der Waals surface area contributed by atoms with Gasteiger partial charge in [0.15, 0.2) is 0 Å². The highest BCUT2D eigenvalue weighted by Crippen LogP contribution is 2.25. The number of carbonyl (C=O) groups excluding carboxylic acids is 1. The first-order chi connectivity index (χ1) is 8.54. The highest BCUT2D eigenvalue weighted by atomic mass is 32.2. The minimum absolute atomic E-state index is 0.0645. The van der Waals surface area contributed by atoms with E-state index in [1.165, 1.54) is 0 Å². The fourth-order valence-corrected chi connectivity index (χ4v) is 2.47. The molecule has 4 nitrogen and oxygen atoms in total. The monoisotopic (exact) mass is 274 g/mol. The molecule has 3 atom stereocenters. The van der Waals surface area contributed by atoms with E-state index in [4.69, 9.17) is 4.74 Å². The molecular weight excluding hydrogens is 248 g/mol. The maximum Gasteiger partial charge on any atom is 0.314 e. The molecule has 0 radical (unpaired) electrons. The first-order valence-corrected chi connectivity index (χ1v) is 7.99. The number of ether oxygens (including phenoxy) is 1. The Morgan fingerprint density at radius 3 is 2.72 bits per heavy atom. The molecule has 1 saturated heterocycles. The fourth-order valence-electron chi connectivity index (χ4n) is 2.22. The largest absolute Gasteiger partial charge is 0.378 e. The van der Waals surface area contributed by atoms with Crippen LogP contribution in [0.25, 0.3) is 0 Å². The van der Waals surface area contributed by atoms with Crippen molar-refractivity contribution in [2.45, 2.75) is 38.5 Å². The number of carbonyl (C=O) groups is 1. The van der Waals surface area contributed by atoms with Crippen LogP contribution in [0.5, 0.6) is 0 Å². The summed E-state index contributed by atoms with van der Waals surface area (Å²) in [6, 6.07) is -0.0645. The van der Waals surface area contributed by atoms with Gasteiger partial charge in [0.25, 0.3) is 0 Å². The number of nitrogens with one attached hydrogen (secondary N) is 2. The van der Waals surface area contributed by atoms with Gasteiger partial charge in [0, 0.05) is 30.9 Å². The van der Waals surface area contributed by atoms with Gasteiger partial charge >= 0.3 is 6.03 Å². The number of amides is 2. The third-order valence-corrected chi connectivity index (χ3v) is 4.37. The molecule has 1 rings (SSSR count). The Kier molecular flexibility index (Phi) is 6.86. The summed E-state index contributed by atoms with van der Waals surface area (Å²) in [5.74, 6) is 0.965. The first kappa shape index (κ1) is 15.6. The summed E-state index contributed by atoms with van der Waals surface area (Å²) in [6.45, 7) is 8.68. The van der Waals surface area contributed by atoms with Gasteiger partial charge in [0.2, 0.25) is 0 Å². The van der Waals surface area contributed by atoms with Crippen molar-refractivity contribution in [3.05, 3.63) is 0 Å². The fraction of sp³-hybridized carbons (Fsp3) is 0.923. The van der Waals surface area contributed by atoms with E-state index in [2.05, 4.69) is 31.4 Å². The highest BCUT2D eigenvalue weighted by Gasteiger charge is 2.30. The summed E-state index contributed by atoms with van der Waals surface area (Å²) in [4.78, 5) is 11.6. The Bertz CT molecular complexity index is 261. The zero-order chi connectivity index (χ0) is 13.5. The lowest BCUT2D eigenvalue weighted by Gasteiger charge is -2.22. The molecule has 0 unspecified atom stereocenters. The summed E-state index contributed by atoms with van der Waals surface area (Å²) in [5.41, 5.74) is 0. The topological polar surface area (TPSA) is 50.4 Å². The van der Waals surface area contributed by atoms with Crippen molar-refractivity contribution in [1.29, 1.82) is 0 Å². The molecule has 0 aliphatic carbocycles. The quantitative estimate of drug-likeness (QED) is 0.780. The Morgan fingerprint density at radius 1 is 1.39 bits per heavy atom. The lowest BCUT2D eigenvalue weighted by Crippen LogP contribution is -2.42. The zero-order valence-electron chi connectivity index (χ0n) is 11.9. The molecule has 106 valence electrons. The molecule has 5 heteroatoms. The molecule has 1 heterocycles. The van der Waals surface area contributed by atoms with Crippen LogP contribution in [-0.2, 0) is 4.74 Å². The van der Waals surface area contributed by atoms with E-state index in [-0.39, 0.29) is 12.1 Å². The van der Waals surface area contributed by atoms with Crippen molar-refractivity contribution in [2.75, 3.05) is 26.0 Å². The van der Waals surface area contributed by atoms with Gasteiger partial charge in [0.1, 0.15) is 0 Å². The van der Waals surface area contributed by atoms with Crippen LogP contribution in [0.3, 0.4) is 0 Å². The van der Waals surface area contributed by atoms with Crippen LogP contribution in [0.2, 0.25) is 0 Å². The molecule has 0 saturated carbocycles. The molecular formula is C13H26N2O2S. The van der Waals surface area contributed by atoms with Gasteiger partial charge < -0.3 is 15.4 Å². The minimum atomic E-state index is -0.0645. The predicted molar refractivity (Wildman–Crippen MR) is 77.1 cm³/mol. The summed E-state index contributed by atoms with van der Waals surface area (Å²) >= 11 is 1.75. The molecule has 18 heavy (non-hydrogen) atoms. The van der Waals surface area contributed by atoms with Crippen LogP contribution in [0.4, 0.5) is 4.79 Å². The van der Waals surface area contributed by atoms with Gasteiger partial charge in [-0.05, 0) is 18.6 Å². The second kappa shape index (κ2) is 7.89. The molecule has 0 aromatic heterocycles. The molecule has 1 aliphatic rings. The van der Waals surface area contributed by atoms with Crippen LogP contribution < -0.4 is 10.6 Å².